The van der Waals surface area contributed by atoms with Crippen LogP contribution in [0.1, 0.15) is 72.0 Å². The van der Waals surface area contributed by atoms with Crippen molar-refractivity contribution in [2.75, 3.05) is 26.3 Å². The van der Waals surface area contributed by atoms with Crippen molar-refractivity contribution in [2.45, 2.75) is 56.9 Å². The van der Waals surface area contributed by atoms with Crippen LogP contribution in [0.15, 0.2) is 42.5 Å². The van der Waals surface area contributed by atoms with Crippen LogP contribution in [0.3, 0.4) is 0 Å². The number of ether oxygens (including phenoxy) is 1. The maximum Gasteiger partial charge on any atom is 0.336 e. The van der Waals surface area contributed by atoms with Gasteiger partial charge in [-0.15, -0.1) is 0 Å². The number of carbonyl (C=O) groups is 2. The number of nitrogens with zero attached hydrogens (tertiary/aromatic N) is 2. The Morgan fingerprint density at radius 2 is 1.66 bits per heavy atom. The van der Waals surface area contributed by atoms with E-state index in [9.17, 15) is 14.7 Å². The molecule has 1 aromatic heterocycles. The average molecular weight is 473 g/mol. The zero-order chi connectivity index (χ0) is 23.9. The van der Waals surface area contributed by atoms with Crippen molar-refractivity contribution in [3.63, 3.8) is 0 Å². The third-order valence-corrected chi connectivity index (χ3v) is 8.19. The average Bonchev–Trinajstić information content (AvgIpc) is 3.26. The van der Waals surface area contributed by atoms with Gasteiger partial charge in [0.15, 0.2) is 0 Å². The van der Waals surface area contributed by atoms with E-state index >= 15 is 0 Å². The maximum atomic E-state index is 13.9. The van der Waals surface area contributed by atoms with Crippen molar-refractivity contribution in [3.05, 3.63) is 59.2 Å². The summed E-state index contributed by atoms with van der Waals surface area (Å²) >= 11 is 0. The number of rotatable bonds is 4. The number of carbonyl (C=O) groups excluding carboxylic acids is 1. The normalized spacial score (nSPS) is 20.8. The summed E-state index contributed by atoms with van der Waals surface area (Å²) in [7, 11) is 0. The Labute approximate surface area is 205 Å². The van der Waals surface area contributed by atoms with Crippen LogP contribution in [-0.2, 0) is 16.0 Å². The molecule has 3 heterocycles. The molecule has 1 saturated heterocycles. The van der Waals surface area contributed by atoms with Gasteiger partial charge in [-0.25, -0.2) is 4.79 Å². The number of hydrogen-bond donors (Lipinski definition) is 1. The third kappa shape index (κ3) is 3.75. The molecule has 0 radical (unpaired) electrons. The third-order valence-electron chi connectivity index (χ3n) is 8.19. The molecule has 6 nitrogen and oxygen atoms in total. The first kappa shape index (κ1) is 22.4. The lowest BCUT2D eigenvalue weighted by Crippen LogP contribution is -2.45. The number of benzene rings is 2. The van der Waals surface area contributed by atoms with E-state index in [2.05, 4.69) is 28.8 Å². The number of aryl methyl sites for hydroxylation is 1. The molecule has 2 aromatic carbocycles. The first-order valence-corrected chi connectivity index (χ1v) is 13.0. The van der Waals surface area contributed by atoms with E-state index in [4.69, 9.17) is 4.74 Å². The molecule has 1 aliphatic carbocycles. The van der Waals surface area contributed by atoms with Crippen molar-refractivity contribution in [3.8, 4) is 11.3 Å². The summed E-state index contributed by atoms with van der Waals surface area (Å²) in [5.41, 5.74) is 5.73. The molecular weight excluding hydrogens is 440 g/mol. The van der Waals surface area contributed by atoms with Crippen LogP contribution in [0.2, 0.25) is 0 Å². The Bertz CT molecular complexity index is 1270. The molecule has 3 aromatic rings. The zero-order valence-corrected chi connectivity index (χ0v) is 20.0. The van der Waals surface area contributed by atoms with Gasteiger partial charge in [-0.1, -0.05) is 55.7 Å². The lowest BCUT2D eigenvalue weighted by molar-refractivity contribution is -0.139. The van der Waals surface area contributed by atoms with Crippen molar-refractivity contribution < 1.29 is 19.4 Å². The van der Waals surface area contributed by atoms with Gasteiger partial charge in [0.2, 0.25) is 5.91 Å². The molecule has 2 aliphatic heterocycles. The quantitative estimate of drug-likeness (QED) is 0.552. The zero-order valence-electron chi connectivity index (χ0n) is 20.0. The standard InChI is InChI=1S/C29H32N2O4/c32-28(30-15-17-35-18-16-30)24-14-13-21-22(29(33)34)11-12-23-25(19-7-3-1-4-8-19)26(31(24)27(21)23)20-9-5-2-6-10-20/h2,5-6,9-12,19,24H,1,3-4,7-8,13-18H2,(H,33,34). The Morgan fingerprint density at radius 3 is 2.37 bits per heavy atom. The van der Waals surface area contributed by atoms with Crippen molar-refractivity contribution in [1.82, 2.24) is 9.47 Å². The molecule has 0 spiro atoms. The lowest BCUT2D eigenvalue weighted by Gasteiger charge is -2.34. The molecule has 1 atom stereocenters. The molecule has 1 saturated carbocycles. The van der Waals surface area contributed by atoms with E-state index in [1.807, 2.05) is 17.0 Å². The number of carboxylic acids is 1. The predicted octanol–water partition coefficient (Wildman–Crippen LogP) is 5.40. The van der Waals surface area contributed by atoms with Gasteiger partial charge in [0.05, 0.1) is 30.0 Å². The van der Waals surface area contributed by atoms with Crippen LogP contribution in [0.4, 0.5) is 0 Å². The summed E-state index contributed by atoms with van der Waals surface area (Å²) in [6.07, 6.45) is 7.17. The predicted molar refractivity (Wildman–Crippen MR) is 135 cm³/mol. The molecule has 6 rings (SSSR count). The minimum atomic E-state index is -0.895. The number of hydrogen-bond acceptors (Lipinski definition) is 3. The van der Waals surface area contributed by atoms with E-state index in [1.54, 1.807) is 6.07 Å². The molecule has 2 fully saturated rings. The van der Waals surface area contributed by atoms with E-state index in [0.717, 1.165) is 40.6 Å². The largest absolute Gasteiger partial charge is 0.478 e. The van der Waals surface area contributed by atoms with Gasteiger partial charge in [0.1, 0.15) is 6.04 Å². The Morgan fingerprint density at radius 1 is 0.914 bits per heavy atom. The molecule has 1 amide bonds. The van der Waals surface area contributed by atoms with E-state index in [-0.39, 0.29) is 11.9 Å². The van der Waals surface area contributed by atoms with Gasteiger partial charge < -0.3 is 19.3 Å². The smallest absolute Gasteiger partial charge is 0.336 e. The summed E-state index contributed by atoms with van der Waals surface area (Å²) in [4.78, 5) is 28.0. The van der Waals surface area contributed by atoms with Crippen LogP contribution in [-0.4, -0.2) is 52.8 Å². The minimum Gasteiger partial charge on any atom is -0.478 e. The van der Waals surface area contributed by atoms with Crippen molar-refractivity contribution >= 4 is 22.8 Å². The van der Waals surface area contributed by atoms with Crippen LogP contribution >= 0.6 is 0 Å². The van der Waals surface area contributed by atoms with Crippen molar-refractivity contribution in [2.24, 2.45) is 0 Å². The summed E-state index contributed by atoms with van der Waals surface area (Å²) < 4.78 is 7.74. The molecule has 0 bridgehead atoms. The molecule has 6 heteroatoms. The van der Waals surface area contributed by atoms with Crippen LogP contribution in [0.5, 0.6) is 0 Å². The molecule has 1 N–H and O–H groups in total. The first-order chi connectivity index (χ1) is 17.1. The van der Waals surface area contributed by atoms with Gasteiger partial charge in [0.25, 0.3) is 0 Å². The van der Waals surface area contributed by atoms with Crippen LogP contribution < -0.4 is 0 Å². The Balaban J connectivity index is 1.64. The van der Waals surface area contributed by atoms with E-state index in [1.165, 1.54) is 24.8 Å². The molecule has 182 valence electrons. The monoisotopic (exact) mass is 472 g/mol. The second-order valence-electron chi connectivity index (χ2n) is 10.1. The summed E-state index contributed by atoms with van der Waals surface area (Å²) in [6, 6.07) is 13.9. The fraction of sp³-hybridized carbons (Fsp3) is 0.448. The number of morpholine rings is 1. The number of aromatic nitrogens is 1. The fourth-order valence-corrected chi connectivity index (χ4v) is 6.60. The van der Waals surface area contributed by atoms with Gasteiger partial charge in [-0.05, 0) is 54.4 Å². The highest BCUT2D eigenvalue weighted by Crippen LogP contribution is 2.49. The van der Waals surface area contributed by atoms with Crippen molar-refractivity contribution in [1.29, 1.82) is 0 Å². The van der Waals surface area contributed by atoms with E-state index < -0.39 is 5.97 Å². The maximum absolute atomic E-state index is 13.9. The van der Waals surface area contributed by atoms with Gasteiger partial charge in [-0.3, -0.25) is 4.79 Å². The molecular formula is C29H32N2O4. The molecule has 3 aliphatic rings. The summed E-state index contributed by atoms with van der Waals surface area (Å²) in [5, 5.41) is 11.1. The highest BCUT2D eigenvalue weighted by atomic mass is 16.5. The Kier molecular flexibility index (Phi) is 5.85. The first-order valence-electron chi connectivity index (χ1n) is 13.0. The number of aromatic carboxylic acids is 1. The Hall–Kier alpha value is -3.12. The highest BCUT2D eigenvalue weighted by molar-refractivity contribution is 6.03. The topological polar surface area (TPSA) is 71.8 Å². The second kappa shape index (κ2) is 9.15. The van der Waals surface area contributed by atoms with Crippen LogP contribution in [0, 0.1) is 0 Å². The van der Waals surface area contributed by atoms with Crippen LogP contribution in [0.25, 0.3) is 22.2 Å². The summed E-state index contributed by atoms with van der Waals surface area (Å²) in [6.45, 7) is 2.35. The van der Waals surface area contributed by atoms with Gasteiger partial charge in [0, 0.05) is 18.5 Å². The lowest BCUT2D eigenvalue weighted by atomic mass is 9.81. The highest BCUT2D eigenvalue weighted by Gasteiger charge is 2.38. The summed E-state index contributed by atoms with van der Waals surface area (Å²) in [5.74, 6) is -0.347. The van der Waals surface area contributed by atoms with E-state index in [0.29, 0.717) is 50.6 Å². The molecule has 1 unspecified atom stereocenters. The molecule has 35 heavy (non-hydrogen) atoms. The number of amides is 1. The minimum absolute atomic E-state index is 0.129. The SMILES string of the molecule is O=C(O)c1ccc2c(C3CCCCC3)c(-c3ccccc3)n3c2c1CCC3C(=O)N1CCOCC1. The van der Waals surface area contributed by atoms with Gasteiger partial charge in [-0.2, -0.15) is 0 Å². The fourth-order valence-electron chi connectivity index (χ4n) is 6.60. The number of carboxylic acid groups (broad SMARTS) is 1. The van der Waals surface area contributed by atoms with Gasteiger partial charge >= 0.3 is 5.97 Å². The second-order valence-corrected chi connectivity index (χ2v) is 10.1.